The summed E-state index contributed by atoms with van der Waals surface area (Å²) in [6.07, 6.45) is 9.67. The first kappa shape index (κ1) is 16.8. The molecule has 0 unspecified atom stereocenters. The molecule has 7 nitrogen and oxygen atoms in total. The molecule has 0 aliphatic carbocycles. The van der Waals surface area contributed by atoms with Gasteiger partial charge in [0.15, 0.2) is 0 Å². The number of hydrogen-bond acceptors (Lipinski definition) is 6. The molecule has 25 heavy (non-hydrogen) atoms. The number of nitrogens with zero attached hydrogens (tertiary/aromatic N) is 4. The Morgan fingerprint density at radius 3 is 2.84 bits per heavy atom. The van der Waals surface area contributed by atoms with E-state index in [1.165, 1.54) is 17.4 Å². The molecule has 0 fully saturated rings. The molecule has 0 atom stereocenters. The van der Waals surface area contributed by atoms with Gasteiger partial charge in [-0.1, -0.05) is 41.7 Å². The third kappa shape index (κ3) is 5.54. The first-order valence-corrected chi connectivity index (χ1v) is 8.68. The summed E-state index contributed by atoms with van der Waals surface area (Å²) in [4.78, 5) is 15.9. The minimum absolute atomic E-state index is 0.230. The summed E-state index contributed by atoms with van der Waals surface area (Å²) in [6.45, 7) is 1.66. The summed E-state index contributed by atoms with van der Waals surface area (Å²) in [5.74, 6) is -0.230. The van der Waals surface area contributed by atoms with Crippen LogP contribution in [0.5, 0.6) is 0 Å². The van der Waals surface area contributed by atoms with Gasteiger partial charge in [-0.25, -0.2) is 4.98 Å². The fraction of sp³-hybridized carbons (Fsp3) is 0.176. The summed E-state index contributed by atoms with van der Waals surface area (Å²) < 4.78 is 2.02. The fourth-order valence-electron chi connectivity index (χ4n) is 2.10. The Bertz CT molecular complexity index is 813. The highest BCUT2D eigenvalue weighted by molar-refractivity contribution is 7.19. The van der Waals surface area contributed by atoms with Crippen molar-refractivity contribution < 1.29 is 4.79 Å². The molecule has 2 N–H and O–H groups in total. The number of anilines is 2. The Kier molecular flexibility index (Phi) is 5.89. The van der Waals surface area contributed by atoms with Gasteiger partial charge in [0, 0.05) is 31.6 Å². The molecule has 8 heteroatoms. The highest BCUT2D eigenvalue weighted by Gasteiger charge is 2.05. The lowest BCUT2D eigenvalue weighted by Gasteiger charge is -2.02. The van der Waals surface area contributed by atoms with Gasteiger partial charge in [-0.05, 0) is 18.1 Å². The van der Waals surface area contributed by atoms with Gasteiger partial charge in [0.2, 0.25) is 16.2 Å². The van der Waals surface area contributed by atoms with Crippen molar-refractivity contribution in [2.45, 2.75) is 13.0 Å². The van der Waals surface area contributed by atoms with Crippen molar-refractivity contribution in [2.24, 2.45) is 0 Å². The highest BCUT2D eigenvalue weighted by atomic mass is 32.1. The predicted octanol–water partition coefficient (Wildman–Crippen LogP) is 2.89. The van der Waals surface area contributed by atoms with Crippen LogP contribution in [-0.2, 0) is 11.3 Å². The second-order valence-corrected chi connectivity index (χ2v) is 6.20. The molecule has 3 aromatic rings. The number of hydrogen-bond donors (Lipinski definition) is 2. The zero-order chi connectivity index (χ0) is 17.3. The van der Waals surface area contributed by atoms with Crippen LogP contribution in [0.25, 0.3) is 6.08 Å². The fourth-order valence-corrected chi connectivity index (χ4v) is 2.78. The second kappa shape index (κ2) is 8.74. The van der Waals surface area contributed by atoms with Crippen LogP contribution in [-0.4, -0.2) is 32.2 Å². The van der Waals surface area contributed by atoms with Gasteiger partial charge in [-0.2, -0.15) is 0 Å². The van der Waals surface area contributed by atoms with Crippen LogP contribution in [0.3, 0.4) is 0 Å². The van der Waals surface area contributed by atoms with E-state index in [9.17, 15) is 4.79 Å². The topological polar surface area (TPSA) is 84.7 Å². The molecule has 2 heterocycles. The Morgan fingerprint density at radius 1 is 1.20 bits per heavy atom. The quantitative estimate of drug-likeness (QED) is 0.480. The zero-order valence-corrected chi connectivity index (χ0v) is 14.3. The monoisotopic (exact) mass is 354 g/mol. The standard InChI is InChI=1S/C17H18N6OS/c24-15(8-7-14-5-2-1-3-6-14)20-17-22-21-16(25-17)19-9-4-11-23-12-10-18-13-23/h1-3,5-8,10,12-13H,4,9,11H2,(H,19,21)(H,20,22,24). The molecule has 0 saturated heterocycles. The minimum atomic E-state index is -0.230. The van der Waals surface area contributed by atoms with Gasteiger partial charge in [-0.15, -0.1) is 10.2 Å². The number of nitrogens with one attached hydrogen (secondary N) is 2. The SMILES string of the molecule is O=C(C=Cc1ccccc1)Nc1nnc(NCCCn2ccnc2)s1. The second-order valence-electron chi connectivity index (χ2n) is 5.23. The van der Waals surface area contributed by atoms with Crippen molar-refractivity contribution in [3.63, 3.8) is 0 Å². The lowest BCUT2D eigenvalue weighted by atomic mass is 10.2. The number of aryl methyl sites for hydroxylation is 1. The van der Waals surface area contributed by atoms with E-state index < -0.39 is 0 Å². The van der Waals surface area contributed by atoms with Crippen LogP contribution in [0.4, 0.5) is 10.3 Å². The van der Waals surface area contributed by atoms with Crippen molar-refractivity contribution in [3.05, 3.63) is 60.7 Å². The molecular weight excluding hydrogens is 336 g/mol. The van der Waals surface area contributed by atoms with Crippen LogP contribution in [0, 0.1) is 0 Å². The summed E-state index contributed by atoms with van der Waals surface area (Å²) in [7, 11) is 0. The van der Waals surface area contributed by atoms with Gasteiger partial charge in [0.25, 0.3) is 0 Å². The van der Waals surface area contributed by atoms with Gasteiger partial charge in [0.1, 0.15) is 0 Å². The van der Waals surface area contributed by atoms with Crippen molar-refractivity contribution in [1.82, 2.24) is 19.7 Å². The third-order valence-corrected chi connectivity index (χ3v) is 4.11. The molecule has 1 amide bonds. The van der Waals surface area contributed by atoms with Crippen LogP contribution in [0.1, 0.15) is 12.0 Å². The number of aromatic nitrogens is 4. The average molecular weight is 354 g/mol. The van der Waals surface area contributed by atoms with E-state index >= 15 is 0 Å². The Hall–Kier alpha value is -3.00. The largest absolute Gasteiger partial charge is 0.360 e. The van der Waals surface area contributed by atoms with Crippen molar-refractivity contribution in [2.75, 3.05) is 17.2 Å². The number of rotatable bonds is 8. The van der Waals surface area contributed by atoms with E-state index in [2.05, 4.69) is 25.8 Å². The Morgan fingerprint density at radius 2 is 2.04 bits per heavy atom. The maximum Gasteiger partial charge on any atom is 0.250 e. The predicted molar refractivity (Wildman–Crippen MR) is 99.3 cm³/mol. The molecule has 0 bridgehead atoms. The summed E-state index contributed by atoms with van der Waals surface area (Å²) in [6, 6.07) is 9.64. The number of imidazole rings is 1. The van der Waals surface area contributed by atoms with Crippen LogP contribution < -0.4 is 10.6 Å². The lowest BCUT2D eigenvalue weighted by Crippen LogP contribution is -2.07. The summed E-state index contributed by atoms with van der Waals surface area (Å²) in [5, 5.41) is 15.1. The number of benzene rings is 1. The van der Waals surface area contributed by atoms with Crippen LogP contribution >= 0.6 is 11.3 Å². The molecule has 0 aliphatic heterocycles. The van der Waals surface area contributed by atoms with Gasteiger partial charge >= 0.3 is 0 Å². The van der Waals surface area contributed by atoms with Crippen molar-refractivity contribution in [3.8, 4) is 0 Å². The molecular formula is C17H18N6OS. The maximum absolute atomic E-state index is 11.9. The zero-order valence-electron chi connectivity index (χ0n) is 13.5. The van der Waals surface area contributed by atoms with E-state index in [1.54, 1.807) is 18.6 Å². The molecule has 1 aromatic carbocycles. The third-order valence-electron chi connectivity index (χ3n) is 3.31. The molecule has 0 aliphatic rings. The smallest absolute Gasteiger partial charge is 0.250 e. The van der Waals surface area contributed by atoms with Crippen LogP contribution in [0.15, 0.2) is 55.1 Å². The molecule has 128 valence electrons. The number of carbonyl (C=O) groups excluding carboxylic acids is 1. The molecule has 0 saturated carbocycles. The van der Waals surface area contributed by atoms with E-state index in [0.717, 1.165) is 25.1 Å². The first-order valence-electron chi connectivity index (χ1n) is 7.87. The summed E-state index contributed by atoms with van der Waals surface area (Å²) >= 11 is 1.31. The highest BCUT2D eigenvalue weighted by Crippen LogP contribution is 2.19. The van der Waals surface area contributed by atoms with Gasteiger partial charge < -0.3 is 9.88 Å². The minimum Gasteiger partial charge on any atom is -0.360 e. The molecule has 3 rings (SSSR count). The van der Waals surface area contributed by atoms with E-state index in [1.807, 2.05) is 41.1 Å². The number of amides is 1. The lowest BCUT2D eigenvalue weighted by molar-refractivity contribution is -0.111. The van der Waals surface area contributed by atoms with E-state index in [-0.39, 0.29) is 5.91 Å². The summed E-state index contributed by atoms with van der Waals surface area (Å²) in [5.41, 5.74) is 0.968. The Labute approximate surface area is 149 Å². The first-order chi connectivity index (χ1) is 12.3. The number of carbonyl (C=O) groups is 1. The normalized spacial score (nSPS) is 10.9. The molecule has 0 radical (unpaired) electrons. The van der Waals surface area contributed by atoms with Crippen molar-refractivity contribution >= 4 is 33.6 Å². The Balaban J connectivity index is 1.41. The van der Waals surface area contributed by atoms with Gasteiger partial charge in [0.05, 0.1) is 6.33 Å². The molecule has 2 aromatic heterocycles. The van der Waals surface area contributed by atoms with Crippen LogP contribution in [0.2, 0.25) is 0 Å². The maximum atomic E-state index is 11.9. The van der Waals surface area contributed by atoms with E-state index in [4.69, 9.17) is 0 Å². The van der Waals surface area contributed by atoms with Gasteiger partial charge in [-0.3, -0.25) is 10.1 Å². The van der Waals surface area contributed by atoms with E-state index in [0.29, 0.717) is 10.3 Å². The van der Waals surface area contributed by atoms with Crippen molar-refractivity contribution in [1.29, 1.82) is 0 Å². The average Bonchev–Trinajstić information content (AvgIpc) is 3.30. The molecule has 0 spiro atoms.